The van der Waals surface area contributed by atoms with E-state index in [1.807, 2.05) is 12.1 Å². The van der Waals surface area contributed by atoms with Gasteiger partial charge in [-0.25, -0.2) is 0 Å². The third-order valence-electron chi connectivity index (χ3n) is 4.43. The van der Waals surface area contributed by atoms with Crippen molar-refractivity contribution in [2.24, 2.45) is 5.73 Å². The maximum absolute atomic E-state index is 12.4. The zero-order valence-electron chi connectivity index (χ0n) is 13.7. The third-order valence-corrected chi connectivity index (χ3v) is 4.43. The molecule has 0 unspecified atom stereocenters. The van der Waals surface area contributed by atoms with Gasteiger partial charge in [-0.05, 0) is 55.7 Å². The first-order valence-corrected chi connectivity index (χ1v) is 8.09. The highest BCUT2D eigenvalue weighted by Crippen LogP contribution is 2.30. The molecule has 2 amide bonds. The molecule has 5 nitrogen and oxygen atoms in total. The van der Waals surface area contributed by atoms with Gasteiger partial charge in [-0.1, -0.05) is 18.2 Å². The van der Waals surface area contributed by atoms with Crippen molar-refractivity contribution in [3.05, 3.63) is 59.7 Å². The van der Waals surface area contributed by atoms with Gasteiger partial charge in [0.25, 0.3) is 0 Å². The molecule has 0 bridgehead atoms. The summed E-state index contributed by atoms with van der Waals surface area (Å²) in [6, 6.07) is 15.1. The van der Waals surface area contributed by atoms with Gasteiger partial charge in [-0.3, -0.25) is 9.59 Å². The SMILES string of the molecule is C[C@H]1CCc2ccccc2N1CC(=O)Nc1ccc(C(N)=O)cc1. The molecule has 0 radical (unpaired) electrons. The molecule has 1 atom stereocenters. The molecular weight excluding hydrogens is 302 g/mol. The second kappa shape index (κ2) is 6.74. The number of nitrogens with two attached hydrogens (primary N) is 1. The highest BCUT2D eigenvalue weighted by atomic mass is 16.2. The number of amides is 2. The zero-order valence-corrected chi connectivity index (χ0v) is 13.7. The van der Waals surface area contributed by atoms with Crippen LogP contribution in [0.25, 0.3) is 0 Å². The number of primary amides is 1. The van der Waals surface area contributed by atoms with Gasteiger partial charge >= 0.3 is 0 Å². The fraction of sp³-hybridized carbons (Fsp3) is 0.263. The number of hydrogen-bond donors (Lipinski definition) is 2. The average molecular weight is 323 g/mol. The van der Waals surface area contributed by atoms with Crippen molar-refractivity contribution >= 4 is 23.2 Å². The van der Waals surface area contributed by atoms with Crippen LogP contribution < -0.4 is 16.0 Å². The minimum Gasteiger partial charge on any atom is -0.366 e. The Hall–Kier alpha value is -2.82. The summed E-state index contributed by atoms with van der Waals surface area (Å²) >= 11 is 0. The number of benzene rings is 2. The van der Waals surface area contributed by atoms with Crippen molar-refractivity contribution < 1.29 is 9.59 Å². The number of carbonyl (C=O) groups excluding carboxylic acids is 2. The molecule has 24 heavy (non-hydrogen) atoms. The van der Waals surface area contributed by atoms with Crippen molar-refractivity contribution in [3.8, 4) is 0 Å². The van der Waals surface area contributed by atoms with Gasteiger partial charge < -0.3 is 16.0 Å². The minimum absolute atomic E-state index is 0.0784. The molecule has 3 rings (SSSR count). The molecule has 1 aliphatic rings. The highest BCUT2D eigenvalue weighted by Gasteiger charge is 2.24. The van der Waals surface area contributed by atoms with Gasteiger partial charge in [-0.2, -0.15) is 0 Å². The molecular formula is C19H21N3O2. The van der Waals surface area contributed by atoms with Crippen LogP contribution in [0.3, 0.4) is 0 Å². The van der Waals surface area contributed by atoms with E-state index < -0.39 is 5.91 Å². The monoisotopic (exact) mass is 323 g/mol. The predicted octanol–water partition coefficient (Wildman–Crippen LogP) is 2.57. The number of aryl methyl sites for hydroxylation is 1. The van der Waals surface area contributed by atoms with E-state index in [-0.39, 0.29) is 5.91 Å². The van der Waals surface area contributed by atoms with E-state index in [2.05, 4.69) is 29.3 Å². The summed E-state index contributed by atoms with van der Waals surface area (Å²) in [4.78, 5) is 25.6. The Balaban J connectivity index is 1.69. The van der Waals surface area contributed by atoms with Gasteiger partial charge in [-0.15, -0.1) is 0 Å². The van der Waals surface area contributed by atoms with E-state index in [4.69, 9.17) is 5.73 Å². The maximum Gasteiger partial charge on any atom is 0.248 e. The van der Waals surface area contributed by atoms with Gasteiger partial charge in [0, 0.05) is 23.0 Å². The molecule has 0 fully saturated rings. The standard InChI is InChI=1S/C19H21N3O2/c1-13-6-7-14-4-2-3-5-17(14)22(13)12-18(23)21-16-10-8-15(9-11-16)19(20)24/h2-5,8-11,13H,6-7,12H2,1H3,(H2,20,24)(H,21,23)/t13-/m0/s1. The van der Waals surface area contributed by atoms with Crippen LogP contribution in [0.1, 0.15) is 29.3 Å². The van der Waals surface area contributed by atoms with Crippen molar-refractivity contribution in [1.82, 2.24) is 0 Å². The van der Waals surface area contributed by atoms with Crippen LogP contribution in [0.5, 0.6) is 0 Å². The number of hydrogen-bond acceptors (Lipinski definition) is 3. The first-order valence-electron chi connectivity index (χ1n) is 8.09. The molecule has 2 aromatic rings. The fourth-order valence-corrected chi connectivity index (χ4v) is 3.07. The maximum atomic E-state index is 12.4. The number of nitrogens with zero attached hydrogens (tertiary/aromatic N) is 1. The third kappa shape index (κ3) is 3.40. The van der Waals surface area contributed by atoms with Gasteiger partial charge in [0.15, 0.2) is 0 Å². The lowest BCUT2D eigenvalue weighted by molar-refractivity contribution is -0.115. The first kappa shape index (κ1) is 16.1. The molecule has 124 valence electrons. The lowest BCUT2D eigenvalue weighted by atomic mass is 9.96. The van der Waals surface area contributed by atoms with Crippen molar-refractivity contribution in [1.29, 1.82) is 0 Å². The Morgan fingerprint density at radius 2 is 1.88 bits per heavy atom. The van der Waals surface area contributed by atoms with Crippen LogP contribution >= 0.6 is 0 Å². The highest BCUT2D eigenvalue weighted by molar-refractivity contribution is 5.96. The predicted molar refractivity (Wildman–Crippen MR) is 95.2 cm³/mol. The second-order valence-corrected chi connectivity index (χ2v) is 6.13. The van der Waals surface area contributed by atoms with Crippen molar-refractivity contribution in [3.63, 3.8) is 0 Å². The molecule has 3 N–H and O–H groups in total. The van der Waals surface area contributed by atoms with E-state index in [1.54, 1.807) is 24.3 Å². The molecule has 1 aliphatic heterocycles. The quantitative estimate of drug-likeness (QED) is 0.908. The summed E-state index contributed by atoms with van der Waals surface area (Å²) < 4.78 is 0. The molecule has 5 heteroatoms. The van der Waals surface area contributed by atoms with Crippen molar-refractivity contribution in [2.75, 3.05) is 16.8 Å². The van der Waals surface area contributed by atoms with E-state index in [0.29, 0.717) is 23.8 Å². The van der Waals surface area contributed by atoms with Crippen LogP contribution in [0.2, 0.25) is 0 Å². The van der Waals surface area contributed by atoms with Gasteiger partial charge in [0.2, 0.25) is 11.8 Å². The zero-order chi connectivity index (χ0) is 17.1. The Morgan fingerprint density at radius 1 is 1.17 bits per heavy atom. The van der Waals surface area contributed by atoms with Crippen LogP contribution in [0.15, 0.2) is 48.5 Å². The molecule has 0 aliphatic carbocycles. The molecule has 0 saturated heterocycles. The van der Waals surface area contributed by atoms with Crippen LogP contribution in [-0.4, -0.2) is 24.4 Å². The van der Waals surface area contributed by atoms with E-state index in [0.717, 1.165) is 18.5 Å². The van der Waals surface area contributed by atoms with E-state index in [1.165, 1.54) is 5.56 Å². The second-order valence-electron chi connectivity index (χ2n) is 6.13. The Kier molecular flexibility index (Phi) is 4.51. The van der Waals surface area contributed by atoms with Crippen LogP contribution in [0, 0.1) is 0 Å². The number of rotatable bonds is 4. The summed E-state index contributed by atoms with van der Waals surface area (Å²) in [5.41, 5.74) is 8.72. The van der Waals surface area contributed by atoms with Crippen LogP contribution in [0.4, 0.5) is 11.4 Å². The number of nitrogens with one attached hydrogen (secondary N) is 1. The fourth-order valence-electron chi connectivity index (χ4n) is 3.07. The Morgan fingerprint density at radius 3 is 2.58 bits per heavy atom. The number of anilines is 2. The first-order chi connectivity index (χ1) is 11.5. The topological polar surface area (TPSA) is 75.4 Å². The summed E-state index contributed by atoms with van der Waals surface area (Å²) in [7, 11) is 0. The largest absolute Gasteiger partial charge is 0.366 e. The van der Waals surface area contributed by atoms with Crippen LogP contribution in [-0.2, 0) is 11.2 Å². The summed E-state index contributed by atoms with van der Waals surface area (Å²) in [5.74, 6) is -0.558. The van der Waals surface area contributed by atoms with E-state index in [9.17, 15) is 9.59 Å². The molecule has 0 aromatic heterocycles. The summed E-state index contributed by atoms with van der Waals surface area (Å²) in [6.07, 6.45) is 2.08. The lowest BCUT2D eigenvalue weighted by Gasteiger charge is -2.36. The molecule has 2 aromatic carbocycles. The van der Waals surface area contributed by atoms with Gasteiger partial charge in [0.1, 0.15) is 0 Å². The summed E-state index contributed by atoms with van der Waals surface area (Å²) in [5, 5.41) is 2.87. The smallest absolute Gasteiger partial charge is 0.248 e. The lowest BCUT2D eigenvalue weighted by Crippen LogP contribution is -2.42. The molecule has 0 spiro atoms. The number of fused-ring (bicyclic) bond motifs is 1. The van der Waals surface area contributed by atoms with Gasteiger partial charge in [0.05, 0.1) is 6.54 Å². The average Bonchev–Trinajstić information content (AvgIpc) is 2.58. The Bertz CT molecular complexity index is 755. The van der Waals surface area contributed by atoms with Crippen molar-refractivity contribution in [2.45, 2.75) is 25.8 Å². The Labute approximate surface area is 141 Å². The molecule has 0 saturated carbocycles. The summed E-state index contributed by atoms with van der Waals surface area (Å²) in [6.45, 7) is 2.45. The normalized spacial score (nSPS) is 16.4. The van der Waals surface area contributed by atoms with E-state index >= 15 is 0 Å². The number of para-hydroxylation sites is 1. The minimum atomic E-state index is -0.480. The molecule has 1 heterocycles. The number of carbonyl (C=O) groups is 2.